The zero-order valence-corrected chi connectivity index (χ0v) is 17.8. The summed E-state index contributed by atoms with van der Waals surface area (Å²) < 4.78 is 36.8. The molecule has 0 heterocycles. The lowest BCUT2D eigenvalue weighted by molar-refractivity contribution is -0.114. The van der Waals surface area contributed by atoms with Gasteiger partial charge in [0, 0.05) is 16.2 Å². The number of amides is 1. The van der Waals surface area contributed by atoms with Crippen molar-refractivity contribution in [3.05, 3.63) is 46.4 Å². The van der Waals surface area contributed by atoms with Crippen LogP contribution in [0.25, 0.3) is 0 Å². The monoisotopic (exact) mass is 456 g/mol. The number of rotatable bonds is 7. The molecule has 0 bridgehead atoms. The van der Waals surface area contributed by atoms with Gasteiger partial charge in [0.2, 0.25) is 15.9 Å². The summed E-state index contributed by atoms with van der Waals surface area (Å²) in [6, 6.07) is 9.99. The topological polar surface area (TPSA) is 84.9 Å². The molecule has 1 amide bonds. The third-order valence-electron chi connectivity index (χ3n) is 3.78. The molecule has 0 aliphatic rings. The summed E-state index contributed by atoms with van der Waals surface area (Å²) in [5, 5.41) is 2.71. The Balaban J connectivity index is 2.27. The highest BCUT2D eigenvalue weighted by molar-refractivity contribution is 9.10. The van der Waals surface area contributed by atoms with Crippen LogP contribution in [-0.4, -0.2) is 41.3 Å². The molecule has 0 aromatic heterocycles. The molecule has 0 spiro atoms. The molecule has 7 nitrogen and oxygen atoms in total. The molecule has 2 rings (SSSR count). The van der Waals surface area contributed by atoms with Gasteiger partial charge in [-0.2, -0.15) is 0 Å². The number of benzene rings is 2. The van der Waals surface area contributed by atoms with E-state index in [1.165, 1.54) is 20.3 Å². The van der Waals surface area contributed by atoms with Crippen LogP contribution < -0.4 is 19.1 Å². The van der Waals surface area contributed by atoms with E-state index in [2.05, 4.69) is 21.2 Å². The number of aryl methyl sites for hydroxylation is 1. The lowest BCUT2D eigenvalue weighted by Gasteiger charge is -2.23. The van der Waals surface area contributed by atoms with Crippen LogP contribution in [0.2, 0.25) is 0 Å². The lowest BCUT2D eigenvalue weighted by Crippen LogP contribution is -2.37. The number of nitrogens with zero attached hydrogens (tertiary/aromatic N) is 1. The van der Waals surface area contributed by atoms with E-state index >= 15 is 0 Å². The Kier molecular flexibility index (Phi) is 6.72. The average molecular weight is 457 g/mol. The van der Waals surface area contributed by atoms with Crippen molar-refractivity contribution < 1.29 is 22.7 Å². The van der Waals surface area contributed by atoms with Crippen LogP contribution in [0.4, 0.5) is 11.4 Å². The van der Waals surface area contributed by atoms with Gasteiger partial charge in [0.25, 0.3) is 0 Å². The Morgan fingerprint density at radius 2 is 1.78 bits per heavy atom. The molecule has 2 aromatic carbocycles. The number of ether oxygens (including phenoxy) is 2. The second-order valence-electron chi connectivity index (χ2n) is 5.82. The molecule has 1 N–H and O–H groups in total. The molecule has 0 aliphatic heterocycles. The van der Waals surface area contributed by atoms with Gasteiger partial charge in [-0.1, -0.05) is 15.9 Å². The Labute approximate surface area is 167 Å². The van der Waals surface area contributed by atoms with Gasteiger partial charge in [-0.15, -0.1) is 0 Å². The number of nitrogens with one attached hydrogen (secondary N) is 1. The smallest absolute Gasteiger partial charge is 0.245 e. The van der Waals surface area contributed by atoms with Crippen molar-refractivity contribution in [2.24, 2.45) is 0 Å². The maximum Gasteiger partial charge on any atom is 0.245 e. The van der Waals surface area contributed by atoms with Gasteiger partial charge in [0.05, 0.1) is 26.2 Å². The van der Waals surface area contributed by atoms with Crippen molar-refractivity contribution in [1.29, 1.82) is 0 Å². The number of carbonyl (C=O) groups is 1. The van der Waals surface area contributed by atoms with Crippen molar-refractivity contribution in [2.75, 3.05) is 36.6 Å². The number of halogens is 1. The second kappa shape index (κ2) is 8.62. The standard InChI is InChI=1S/C18H21BrN2O5S/c1-12-9-13(5-7-15(12)19)20-18(22)11-21(27(4,23)24)14-6-8-16(25-2)17(10-14)26-3/h5-10H,11H2,1-4H3,(H,20,22). The summed E-state index contributed by atoms with van der Waals surface area (Å²) in [4.78, 5) is 12.4. The van der Waals surface area contributed by atoms with Crippen LogP contribution in [0.5, 0.6) is 11.5 Å². The third kappa shape index (κ3) is 5.36. The fourth-order valence-electron chi connectivity index (χ4n) is 2.43. The first kappa shape index (κ1) is 21.0. The fourth-order valence-corrected chi connectivity index (χ4v) is 3.53. The van der Waals surface area contributed by atoms with Crippen molar-refractivity contribution >= 4 is 43.2 Å². The van der Waals surface area contributed by atoms with Crippen LogP contribution in [0, 0.1) is 6.92 Å². The van der Waals surface area contributed by atoms with Crippen LogP contribution >= 0.6 is 15.9 Å². The van der Waals surface area contributed by atoms with Gasteiger partial charge in [-0.25, -0.2) is 8.42 Å². The quantitative estimate of drug-likeness (QED) is 0.691. The van der Waals surface area contributed by atoms with E-state index < -0.39 is 15.9 Å². The van der Waals surface area contributed by atoms with E-state index in [0.29, 0.717) is 22.9 Å². The van der Waals surface area contributed by atoms with Gasteiger partial charge in [-0.3, -0.25) is 9.10 Å². The van der Waals surface area contributed by atoms with E-state index in [9.17, 15) is 13.2 Å². The van der Waals surface area contributed by atoms with E-state index in [-0.39, 0.29) is 6.54 Å². The Bertz CT molecular complexity index is 947. The van der Waals surface area contributed by atoms with Crippen LogP contribution in [0.15, 0.2) is 40.9 Å². The zero-order chi connectivity index (χ0) is 20.2. The van der Waals surface area contributed by atoms with E-state index in [4.69, 9.17) is 9.47 Å². The number of sulfonamides is 1. The van der Waals surface area contributed by atoms with Crippen molar-refractivity contribution in [1.82, 2.24) is 0 Å². The van der Waals surface area contributed by atoms with Crippen molar-refractivity contribution in [3.63, 3.8) is 0 Å². The molecule has 2 aromatic rings. The molecule has 9 heteroatoms. The molecule has 0 fully saturated rings. The molecule has 0 radical (unpaired) electrons. The maximum absolute atomic E-state index is 12.4. The number of hydrogen-bond donors (Lipinski definition) is 1. The van der Waals surface area contributed by atoms with Gasteiger partial charge >= 0.3 is 0 Å². The van der Waals surface area contributed by atoms with Crippen LogP contribution in [0.1, 0.15) is 5.56 Å². The largest absolute Gasteiger partial charge is 0.493 e. The summed E-state index contributed by atoms with van der Waals surface area (Å²) in [6.45, 7) is 1.52. The number of hydrogen-bond acceptors (Lipinski definition) is 5. The Morgan fingerprint density at radius 3 is 2.33 bits per heavy atom. The highest BCUT2D eigenvalue weighted by Crippen LogP contribution is 2.32. The Hall–Kier alpha value is -2.26. The molecule has 0 saturated carbocycles. The van der Waals surface area contributed by atoms with Gasteiger partial charge < -0.3 is 14.8 Å². The van der Waals surface area contributed by atoms with Crippen LogP contribution in [0.3, 0.4) is 0 Å². The number of carbonyl (C=O) groups excluding carboxylic acids is 1. The van der Waals surface area contributed by atoms with Gasteiger partial charge in [-0.05, 0) is 42.8 Å². The molecule has 0 aliphatic carbocycles. The van der Waals surface area contributed by atoms with E-state index in [1.54, 1.807) is 24.3 Å². The van der Waals surface area contributed by atoms with Crippen molar-refractivity contribution in [2.45, 2.75) is 6.92 Å². The van der Waals surface area contributed by atoms with Gasteiger partial charge in [0.15, 0.2) is 11.5 Å². The first-order valence-corrected chi connectivity index (χ1v) is 10.6. The maximum atomic E-state index is 12.4. The van der Waals surface area contributed by atoms with Crippen LogP contribution in [-0.2, 0) is 14.8 Å². The molecule has 0 unspecified atom stereocenters. The first-order valence-electron chi connectivity index (χ1n) is 7.91. The molecule has 27 heavy (non-hydrogen) atoms. The van der Waals surface area contributed by atoms with E-state index in [1.807, 2.05) is 13.0 Å². The average Bonchev–Trinajstić information content (AvgIpc) is 2.61. The molecule has 146 valence electrons. The summed E-state index contributed by atoms with van der Waals surface area (Å²) in [5.74, 6) is 0.369. The minimum atomic E-state index is -3.70. The van der Waals surface area contributed by atoms with Crippen molar-refractivity contribution in [3.8, 4) is 11.5 Å². The number of methoxy groups -OCH3 is 2. The summed E-state index contributed by atoms with van der Waals surface area (Å²) in [7, 11) is -0.757. The minimum Gasteiger partial charge on any atom is -0.493 e. The second-order valence-corrected chi connectivity index (χ2v) is 8.58. The van der Waals surface area contributed by atoms with E-state index in [0.717, 1.165) is 20.6 Å². The molecular formula is C18H21BrN2O5S. The minimum absolute atomic E-state index is 0.303. The fraction of sp³-hybridized carbons (Fsp3) is 0.278. The summed E-state index contributed by atoms with van der Waals surface area (Å²) in [5.41, 5.74) is 1.84. The third-order valence-corrected chi connectivity index (χ3v) is 5.81. The molecule has 0 atom stereocenters. The molecule has 0 saturated heterocycles. The highest BCUT2D eigenvalue weighted by Gasteiger charge is 2.22. The summed E-state index contributed by atoms with van der Waals surface area (Å²) in [6.07, 6.45) is 1.04. The SMILES string of the molecule is COc1ccc(N(CC(=O)Nc2ccc(Br)c(C)c2)S(C)(=O)=O)cc1OC. The zero-order valence-electron chi connectivity index (χ0n) is 15.4. The lowest BCUT2D eigenvalue weighted by atomic mass is 10.2. The molecular weight excluding hydrogens is 436 g/mol. The predicted molar refractivity (Wildman–Crippen MR) is 109 cm³/mol. The highest BCUT2D eigenvalue weighted by atomic mass is 79.9. The first-order chi connectivity index (χ1) is 12.7. The Morgan fingerprint density at radius 1 is 1.11 bits per heavy atom. The predicted octanol–water partition coefficient (Wildman–Crippen LogP) is 3.18. The normalized spacial score (nSPS) is 11.0. The summed E-state index contributed by atoms with van der Waals surface area (Å²) >= 11 is 3.40. The van der Waals surface area contributed by atoms with Gasteiger partial charge in [0.1, 0.15) is 6.54 Å². The number of anilines is 2.